The van der Waals surface area contributed by atoms with E-state index in [1.165, 1.54) is 0 Å². The summed E-state index contributed by atoms with van der Waals surface area (Å²) in [5.74, 6) is -0.674. The standard InChI is InChI=1S/C25H26N2O4/c1-31-16-27-21-10-6-5-9-20(21)25(24(27)30)12-11-18-19(15-28)22(13-25)26(23(18)29)14-17-7-3-2-4-8-17/h2-12,18-19,22,28H,13-16H2,1H3/t18-,19+,22+,25?/m0/s1. The molecule has 1 aliphatic carbocycles. The van der Waals surface area contributed by atoms with Crippen LogP contribution in [0, 0.1) is 11.8 Å². The summed E-state index contributed by atoms with van der Waals surface area (Å²) in [6.07, 6.45) is 4.22. The number of rotatable bonds is 5. The third kappa shape index (κ3) is 2.93. The zero-order valence-electron chi connectivity index (χ0n) is 17.5. The van der Waals surface area contributed by atoms with Crippen LogP contribution in [0.2, 0.25) is 0 Å². The average molecular weight is 418 g/mol. The van der Waals surface area contributed by atoms with Crippen molar-refractivity contribution in [2.24, 2.45) is 11.8 Å². The molecule has 1 saturated heterocycles. The van der Waals surface area contributed by atoms with E-state index in [4.69, 9.17) is 4.74 Å². The zero-order valence-corrected chi connectivity index (χ0v) is 17.5. The lowest BCUT2D eigenvalue weighted by atomic mass is 9.75. The fraction of sp³-hybridized carbons (Fsp3) is 0.360. The highest BCUT2D eigenvalue weighted by Crippen LogP contribution is 2.51. The summed E-state index contributed by atoms with van der Waals surface area (Å²) in [7, 11) is 1.58. The number of carbonyl (C=O) groups excluding carboxylic acids is 2. The Labute approximate surface area is 181 Å². The first-order valence-corrected chi connectivity index (χ1v) is 10.7. The number of benzene rings is 2. The molecule has 3 aliphatic rings. The number of amides is 2. The predicted octanol–water partition coefficient (Wildman–Crippen LogP) is 2.47. The van der Waals surface area contributed by atoms with Gasteiger partial charge >= 0.3 is 0 Å². The Kier molecular flexibility index (Phi) is 4.91. The van der Waals surface area contributed by atoms with Crippen LogP contribution in [-0.4, -0.2) is 48.3 Å². The monoisotopic (exact) mass is 418 g/mol. The van der Waals surface area contributed by atoms with E-state index in [1.807, 2.05) is 71.6 Å². The van der Waals surface area contributed by atoms with Crippen molar-refractivity contribution in [3.63, 3.8) is 0 Å². The first-order valence-electron chi connectivity index (χ1n) is 10.7. The van der Waals surface area contributed by atoms with E-state index in [0.29, 0.717) is 13.0 Å². The number of fused-ring (bicyclic) bond motifs is 4. The van der Waals surface area contributed by atoms with Crippen molar-refractivity contribution in [1.29, 1.82) is 0 Å². The van der Waals surface area contributed by atoms with Crippen molar-refractivity contribution < 1.29 is 19.4 Å². The number of anilines is 1. The summed E-state index contributed by atoms with van der Waals surface area (Å²) in [4.78, 5) is 30.5. The van der Waals surface area contributed by atoms with Gasteiger partial charge in [-0.2, -0.15) is 0 Å². The molecule has 1 fully saturated rings. The molecule has 6 heteroatoms. The third-order valence-corrected chi connectivity index (χ3v) is 7.01. The van der Waals surface area contributed by atoms with Gasteiger partial charge in [-0.3, -0.25) is 14.5 Å². The van der Waals surface area contributed by atoms with E-state index in [-0.39, 0.29) is 37.1 Å². The molecule has 2 aromatic rings. The summed E-state index contributed by atoms with van der Waals surface area (Å²) >= 11 is 0. The average Bonchev–Trinajstić information content (AvgIpc) is 3.08. The molecule has 31 heavy (non-hydrogen) atoms. The maximum Gasteiger partial charge on any atom is 0.243 e. The molecule has 2 bridgehead atoms. The van der Waals surface area contributed by atoms with Gasteiger partial charge in [0.1, 0.15) is 6.73 Å². The van der Waals surface area contributed by atoms with Crippen LogP contribution in [0.25, 0.3) is 0 Å². The number of likely N-dealkylation sites (tertiary alicyclic amines) is 1. The number of aliphatic hydroxyl groups excluding tert-OH is 1. The third-order valence-electron chi connectivity index (χ3n) is 7.01. The van der Waals surface area contributed by atoms with Crippen molar-refractivity contribution in [2.75, 3.05) is 25.3 Å². The lowest BCUT2D eigenvalue weighted by molar-refractivity contribution is -0.133. The molecule has 160 valence electrons. The molecular weight excluding hydrogens is 392 g/mol. The Hall–Kier alpha value is -2.96. The van der Waals surface area contributed by atoms with E-state index in [1.54, 1.807) is 12.0 Å². The highest BCUT2D eigenvalue weighted by molar-refractivity contribution is 6.09. The molecule has 0 aromatic heterocycles. The van der Waals surface area contributed by atoms with E-state index < -0.39 is 11.3 Å². The minimum absolute atomic E-state index is 0.0199. The topological polar surface area (TPSA) is 70.1 Å². The van der Waals surface area contributed by atoms with E-state index in [9.17, 15) is 14.7 Å². The number of hydrogen-bond acceptors (Lipinski definition) is 4. The molecule has 6 nitrogen and oxygen atoms in total. The lowest BCUT2D eigenvalue weighted by Crippen LogP contribution is -2.46. The van der Waals surface area contributed by atoms with Crippen LogP contribution in [-0.2, 0) is 26.3 Å². The first kappa shape index (κ1) is 20.0. The molecule has 0 radical (unpaired) electrons. The van der Waals surface area contributed by atoms with Crippen molar-refractivity contribution in [3.05, 3.63) is 77.9 Å². The van der Waals surface area contributed by atoms with Gasteiger partial charge in [0.05, 0.1) is 17.0 Å². The molecule has 4 atom stereocenters. The van der Waals surface area contributed by atoms with Gasteiger partial charge in [-0.15, -0.1) is 0 Å². The van der Waals surface area contributed by atoms with E-state index in [2.05, 4.69) is 0 Å². The molecule has 2 aromatic carbocycles. The van der Waals surface area contributed by atoms with Crippen LogP contribution in [0.15, 0.2) is 66.7 Å². The summed E-state index contributed by atoms with van der Waals surface area (Å²) < 4.78 is 5.32. The second-order valence-corrected chi connectivity index (χ2v) is 8.59. The van der Waals surface area contributed by atoms with Crippen LogP contribution < -0.4 is 4.90 Å². The quantitative estimate of drug-likeness (QED) is 0.758. The maximum absolute atomic E-state index is 13.7. The largest absolute Gasteiger partial charge is 0.396 e. The van der Waals surface area contributed by atoms with Crippen molar-refractivity contribution in [1.82, 2.24) is 4.90 Å². The Balaban J connectivity index is 1.58. The van der Waals surface area contributed by atoms with Crippen LogP contribution in [0.5, 0.6) is 0 Å². The van der Waals surface area contributed by atoms with Crippen molar-refractivity contribution in [3.8, 4) is 0 Å². The molecule has 0 saturated carbocycles. The smallest absolute Gasteiger partial charge is 0.243 e. The second kappa shape index (κ2) is 7.62. The van der Waals surface area contributed by atoms with Gasteiger partial charge in [-0.25, -0.2) is 0 Å². The van der Waals surface area contributed by atoms with Gasteiger partial charge in [0, 0.05) is 32.2 Å². The van der Waals surface area contributed by atoms with E-state index >= 15 is 0 Å². The van der Waals surface area contributed by atoms with Gasteiger partial charge in [-0.1, -0.05) is 60.7 Å². The Bertz CT molecular complexity index is 1040. The molecule has 1 N–H and O–H groups in total. The SMILES string of the molecule is COCN1C(=O)C2(C=C[C@@H]3C(=O)N(Cc4ccccc4)[C@H](C2)[C@@H]3CO)c2ccccc21. The Morgan fingerprint density at radius 2 is 1.84 bits per heavy atom. The first-order chi connectivity index (χ1) is 15.1. The second-order valence-electron chi connectivity index (χ2n) is 8.59. The van der Waals surface area contributed by atoms with Gasteiger partial charge in [-0.05, 0) is 23.6 Å². The molecule has 1 unspecified atom stereocenters. The number of hydrogen-bond donors (Lipinski definition) is 1. The number of carbonyl (C=O) groups is 2. The molecular formula is C25H26N2O4. The zero-order chi connectivity index (χ0) is 21.6. The highest BCUT2D eigenvalue weighted by atomic mass is 16.5. The Morgan fingerprint density at radius 3 is 2.58 bits per heavy atom. The molecule has 2 heterocycles. The van der Waals surface area contributed by atoms with Gasteiger partial charge in [0.25, 0.3) is 0 Å². The summed E-state index contributed by atoms with van der Waals surface area (Å²) in [6.45, 7) is 0.554. The molecule has 2 amide bonds. The minimum Gasteiger partial charge on any atom is -0.396 e. The Morgan fingerprint density at radius 1 is 1.10 bits per heavy atom. The van der Waals surface area contributed by atoms with Crippen molar-refractivity contribution >= 4 is 17.5 Å². The summed E-state index contributed by atoms with van der Waals surface area (Å²) in [5.41, 5.74) is 1.95. The number of aliphatic hydroxyl groups is 1. The van der Waals surface area contributed by atoms with Crippen LogP contribution in [0.3, 0.4) is 0 Å². The molecule has 5 rings (SSSR count). The molecule has 1 spiro atoms. The normalized spacial score (nSPS) is 29.0. The maximum atomic E-state index is 13.7. The lowest BCUT2D eigenvalue weighted by Gasteiger charge is -2.34. The van der Waals surface area contributed by atoms with Crippen LogP contribution in [0.1, 0.15) is 17.5 Å². The fourth-order valence-electron chi connectivity index (χ4n) is 5.54. The summed E-state index contributed by atoms with van der Waals surface area (Å²) in [6, 6.07) is 17.4. The number of ether oxygens (including phenoxy) is 1. The summed E-state index contributed by atoms with van der Waals surface area (Å²) in [5, 5.41) is 10.2. The minimum atomic E-state index is -0.863. The van der Waals surface area contributed by atoms with Gasteiger partial charge in [0.15, 0.2) is 0 Å². The number of methoxy groups -OCH3 is 1. The van der Waals surface area contributed by atoms with Gasteiger partial charge in [0.2, 0.25) is 11.8 Å². The number of para-hydroxylation sites is 1. The molecule has 2 aliphatic heterocycles. The van der Waals surface area contributed by atoms with Crippen LogP contribution in [0.4, 0.5) is 5.69 Å². The number of nitrogens with zero attached hydrogens (tertiary/aromatic N) is 2. The highest BCUT2D eigenvalue weighted by Gasteiger charge is 2.57. The van der Waals surface area contributed by atoms with Gasteiger partial charge < -0.3 is 14.7 Å². The predicted molar refractivity (Wildman–Crippen MR) is 116 cm³/mol. The van der Waals surface area contributed by atoms with Crippen molar-refractivity contribution in [2.45, 2.75) is 24.4 Å². The fourth-order valence-corrected chi connectivity index (χ4v) is 5.54. The van der Waals surface area contributed by atoms with E-state index in [0.717, 1.165) is 16.8 Å². The van der Waals surface area contributed by atoms with Crippen LogP contribution >= 0.6 is 0 Å².